The highest BCUT2D eigenvalue weighted by Gasteiger charge is 2.11. The summed E-state index contributed by atoms with van der Waals surface area (Å²) in [5, 5.41) is 2.82. The number of hydrogen-bond acceptors (Lipinski definition) is 3. The number of rotatable bonds is 4. The second-order valence-electron chi connectivity index (χ2n) is 4.57. The molecule has 0 aliphatic rings. The Hall–Kier alpha value is -2.62. The number of carbonyl (C=O) groups is 2. The van der Waals surface area contributed by atoms with Crippen LogP contribution in [0.2, 0.25) is 0 Å². The third kappa shape index (κ3) is 3.69. The molecule has 4 nitrogen and oxygen atoms in total. The van der Waals surface area contributed by atoms with Crippen molar-refractivity contribution in [2.24, 2.45) is 0 Å². The van der Waals surface area contributed by atoms with Gasteiger partial charge >= 0.3 is 5.97 Å². The van der Waals surface area contributed by atoms with Gasteiger partial charge < -0.3 is 10.1 Å². The molecule has 108 valence electrons. The topological polar surface area (TPSA) is 55.4 Å². The first-order chi connectivity index (χ1) is 10.1. The third-order valence-electron chi connectivity index (χ3n) is 3.03. The fraction of sp³-hybridized carbons (Fsp3) is 0.176. The number of amides is 1. The molecule has 0 aliphatic carbocycles. The Morgan fingerprint density at radius 2 is 1.76 bits per heavy atom. The van der Waals surface area contributed by atoms with Crippen LogP contribution >= 0.6 is 0 Å². The Bertz CT molecular complexity index is 650. The number of esters is 1. The van der Waals surface area contributed by atoms with Gasteiger partial charge in [-0.05, 0) is 43.7 Å². The van der Waals surface area contributed by atoms with Crippen LogP contribution < -0.4 is 5.32 Å². The van der Waals surface area contributed by atoms with Crippen molar-refractivity contribution in [1.82, 2.24) is 0 Å². The van der Waals surface area contributed by atoms with Crippen LogP contribution in [-0.2, 0) is 4.74 Å². The van der Waals surface area contributed by atoms with Gasteiger partial charge in [0.2, 0.25) is 0 Å². The number of carbonyl (C=O) groups excluding carboxylic acids is 2. The van der Waals surface area contributed by atoms with Crippen LogP contribution in [0.1, 0.15) is 33.2 Å². The number of ether oxygens (including phenoxy) is 1. The van der Waals surface area contributed by atoms with Gasteiger partial charge in [-0.15, -0.1) is 0 Å². The molecule has 2 aromatic carbocycles. The van der Waals surface area contributed by atoms with Crippen molar-refractivity contribution >= 4 is 17.6 Å². The molecule has 0 aromatic heterocycles. The average Bonchev–Trinajstić information content (AvgIpc) is 2.50. The van der Waals surface area contributed by atoms with E-state index in [0.717, 1.165) is 5.56 Å². The van der Waals surface area contributed by atoms with Gasteiger partial charge in [0.15, 0.2) is 0 Å². The van der Waals surface area contributed by atoms with Gasteiger partial charge in [0, 0.05) is 11.3 Å². The molecular weight excluding hydrogens is 266 g/mol. The minimum absolute atomic E-state index is 0.209. The molecule has 4 heteroatoms. The molecule has 0 atom stereocenters. The first-order valence-electron chi connectivity index (χ1n) is 6.76. The van der Waals surface area contributed by atoms with Crippen LogP contribution in [0.15, 0.2) is 48.5 Å². The molecule has 0 heterocycles. The maximum atomic E-state index is 12.1. The van der Waals surface area contributed by atoms with E-state index in [0.29, 0.717) is 23.4 Å². The molecule has 0 aliphatic heterocycles. The smallest absolute Gasteiger partial charge is 0.338 e. The molecule has 0 radical (unpaired) electrons. The fourth-order valence-corrected chi connectivity index (χ4v) is 1.88. The van der Waals surface area contributed by atoms with E-state index < -0.39 is 5.97 Å². The second-order valence-corrected chi connectivity index (χ2v) is 4.57. The third-order valence-corrected chi connectivity index (χ3v) is 3.03. The lowest BCUT2D eigenvalue weighted by Gasteiger charge is -2.10. The van der Waals surface area contributed by atoms with Crippen molar-refractivity contribution < 1.29 is 14.3 Å². The van der Waals surface area contributed by atoms with Crippen LogP contribution in [-0.4, -0.2) is 18.5 Å². The SMILES string of the molecule is CCOC(=O)c1ccc(C)c(NC(=O)c2ccccc2)c1. The summed E-state index contributed by atoms with van der Waals surface area (Å²) in [4.78, 5) is 23.9. The Balaban J connectivity index is 2.21. The molecule has 0 spiro atoms. The van der Waals surface area contributed by atoms with Gasteiger partial charge in [-0.25, -0.2) is 4.79 Å². The van der Waals surface area contributed by atoms with E-state index in [1.165, 1.54) is 0 Å². The van der Waals surface area contributed by atoms with Crippen molar-refractivity contribution in [1.29, 1.82) is 0 Å². The number of nitrogens with one attached hydrogen (secondary N) is 1. The minimum atomic E-state index is -0.396. The van der Waals surface area contributed by atoms with Crippen molar-refractivity contribution in [2.45, 2.75) is 13.8 Å². The van der Waals surface area contributed by atoms with E-state index in [1.807, 2.05) is 13.0 Å². The summed E-state index contributed by atoms with van der Waals surface area (Å²) in [6.07, 6.45) is 0. The predicted molar refractivity (Wildman–Crippen MR) is 81.5 cm³/mol. The van der Waals surface area contributed by atoms with Crippen LogP contribution in [0, 0.1) is 6.92 Å². The van der Waals surface area contributed by atoms with Crippen molar-refractivity contribution in [3.05, 3.63) is 65.2 Å². The van der Waals surface area contributed by atoms with Crippen LogP contribution in [0.3, 0.4) is 0 Å². The van der Waals surface area contributed by atoms with Crippen LogP contribution in [0.4, 0.5) is 5.69 Å². The molecule has 1 N–H and O–H groups in total. The molecule has 0 saturated heterocycles. The molecule has 1 amide bonds. The largest absolute Gasteiger partial charge is 0.462 e. The Labute approximate surface area is 123 Å². The maximum Gasteiger partial charge on any atom is 0.338 e. The zero-order valence-electron chi connectivity index (χ0n) is 12.1. The molecule has 21 heavy (non-hydrogen) atoms. The van der Waals surface area contributed by atoms with Gasteiger partial charge in [-0.1, -0.05) is 24.3 Å². The Kier molecular flexibility index (Phi) is 4.72. The van der Waals surface area contributed by atoms with Gasteiger partial charge in [0.25, 0.3) is 5.91 Å². The van der Waals surface area contributed by atoms with Gasteiger partial charge in [-0.3, -0.25) is 4.79 Å². The lowest BCUT2D eigenvalue weighted by atomic mass is 10.1. The fourth-order valence-electron chi connectivity index (χ4n) is 1.88. The Morgan fingerprint density at radius 3 is 2.43 bits per heavy atom. The van der Waals surface area contributed by atoms with Gasteiger partial charge in [-0.2, -0.15) is 0 Å². The molecule has 0 saturated carbocycles. The number of aryl methyl sites for hydroxylation is 1. The molecule has 0 fully saturated rings. The quantitative estimate of drug-likeness (QED) is 0.875. The summed E-state index contributed by atoms with van der Waals surface area (Å²) in [6.45, 7) is 3.94. The van der Waals surface area contributed by atoms with E-state index in [9.17, 15) is 9.59 Å². The highest BCUT2D eigenvalue weighted by atomic mass is 16.5. The zero-order chi connectivity index (χ0) is 15.2. The average molecular weight is 283 g/mol. The first kappa shape index (κ1) is 14.8. The zero-order valence-corrected chi connectivity index (χ0v) is 12.1. The summed E-state index contributed by atoms with van der Waals surface area (Å²) in [6, 6.07) is 14.0. The van der Waals surface area contributed by atoms with Gasteiger partial charge in [0.05, 0.1) is 12.2 Å². The molecular formula is C17H17NO3. The summed E-state index contributed by atoms with van der Waals surface area (Å²) in [5.74, 6) is -0.604. The van der Waals surface area contributed by atoms with Crippen molar-refractivity contribution in [3.63, 3.8) is 0 Å². The normalized spacial score (nSPS) is 10.0. The molecule has 2 rings (SSSR count). The number of benzene rings is 2. The van der Waals surface area contributed by atoms with E-state index in [1.54, 1.807) is 49.4 Å². The minimum Gasteiger partial charge on any atom is -0.462 e. The van der Waals surface area contributed by atoms with E-state index in [4.69, 9.17) is 4.74 Å². The number of anilines is 1. The van der Waals surface area contributed by atoms with Gasteiger partial charge in [0.1, 0.15) is 0 Å². The lowest BCUT2D eigenvalue weighted by Crippen LogP contribution is -2.13. The molecule has 0 unspecified atom stereocenters. The van der Waals surface area contributed by atoms with Crippen molar-refractivity contribution in [3.8, 4) is 0 Å². The first-order valence-corrected chi connectivity index (χ1v) is 6.76. The summed E-state index contributed by atoms with van der Waals surface area (Å²) in [7, 11) is 0. The highest BCUT2D eigenvalue weighted by Crippen LogP contribution is 2.18. The van der Waals surface area contributed by atoms with Crippen LogP contribution in [0.5, 0.6) is 0 Å². The van der Waals surface area contributed by atoms with E-state index >= 15 is 0 Å². The molecule has 0 bridgehead atoms. The van der Waals surface area contributed by atoms with E-state index in [2.05, 4.69) is 5.32 Å². The second kappa shape index (κ2) is 6.70. The number of hydrogen-bond donors (Lipinski definition) is 1. The Morgan fingerprint density at radius 1 is 1.05 bits per heavy atom. The summed E-state index contributed by atoms with van der Waals surface area (Å²) >= 11 is 0. The monoisotopic (exact) mass is 283 g/mol. The predicted octanol–water partition coefficient (Wildman–Crippen LogP) is 3.42. The molecule has 2 aromatic rings. The van der Waals surface area contributed by atoms with E-state index in [-0.39, 0.29) is 5.91 Å². The highest BCUT2D eigenvalue weighted by molar-refractivity contribution is 6.05. The summed E-state index contributed by atoms with van der Waals surface area (Å²) < 4.78 is 4.96. The van der Waals surface area contributed by atoms with Crippen LogP contribution in [0.25, 0.3) is 0 Å². The lowest BCUT2D eigenvalue weighted by molar-refractivity contribution is 0.0526. The summed E-state index contributed by atoms with van der Waals surface area (Å²) in [5.41, 5.74) is 2.48. The standard InChI is InChI=1S/C17H17NO3/c1-3-21-17(20)14-10-9-12(2)15(11-14)18-16(19)13-7-5-4-6-8-13/h4-11H,3H2,1-2H3,(H,18,19). The maximum absolute atomic E-state index is 12.1. The van der Waals surface area contributed by atoms with Crippen molar-refractivity contribution in [2.75, 3.05) is 11.9 Å².